The van der Waals surface area contributed by atoms with Crippen LogP contribution in [0.3, 0.4) is 0 Å². The van der Waals surface area contributed by atoms with Crippen LogP contribution in [0, 0.1) is 5.92 Å². The molecule has 2 rings (SSSR count). The zero-order valence-corrected chi connectivity index (χ0v) is 16.8. The zero-order valence-electron chi connectivity index (χ0n) is 16.8. The van der Waals surface area contributed by atoms with Crippen molar-refractivity contribution in [3.63, 3.8) is 0 Å². The smallest absolute Gasteiger partial charge is 0.341 e. The maximum atomic E-state index is 13.1. The molecule has 0 saturated heterocycles. The molecule has 150 valence electrons. The van der Waals surface area contributed by atoms with Crippen LogP contribution in [0.1, 0.15) is 63.7 Å². The third-order valence-corrected chi connectivity index (χ3v) is 4.82. The number of carbonyl (C=O) groups is 2. The van der Waals surface area contributed by atoms with Crippen molar-refractivity contribution in [1.82, 2.24) is 0 Å². The molecule has 1 N–H and O–H groups in total. The molecule has 0 heterocycles. The Morgan fingerprint density at radius 2 is 1.96 bits per heavy atom. The number of esters is 1. The van der Waals surface area contributed by atoms with Crippen LogP contribution < -0.4 is 10.1 Å². The zero-order chi connectivity index (χ0) is 19.9. The maximum Gasteiger partial charge on any atom is 0.341 e. The number of rotatable bonds is 8. The van der Waals surface area contributed by atoms with Gasteiger partial charge in [0.25, 0.3) is 5.91 Å². The van der Waals surface area contributed by atoms with Crippen LogP contribution in [0.15, 0.2) is 18.2 Å². The molecule has 6 nitrogen and oxygen atoms in total. The predicted octanol–water partition coefficient (Wildman–Crippen LogP) is 4.19. The van der Waals surface area contributed by atoms with E-state index in [0.717, 1.165) is 12.8 Å². The lowest BCUT2D eigenvalue weighted by Gasteiger charge is -2.38. The molecule has 0 bridgehead atoms. The number of hydrogen-bond acceptors (Lipinski definition) is 5. The molecule has 0 aromatic heterocycles. The second kappa shape index (κ2) is 9.74. The Morgan fingerprint density at radius 3 is 2.59 bits per heavy atom. The summed E-state index contributed by atoms with van der Waals surface area (Å²) in [6.07, 6.45) is 3.48. The molecule has 0 aliphatic heterocycles. The average molecular weight is 377 g/mol. The number of ether oxygens (including phenoxy) is 3. The summed E-state index contributed by atoms with van der Waals surface area (Å²) in [6.45, 7) is 8.84. The lowest BCUT2D eigenvalue weighted by Crippen LogP contribution is -2.48. The molecular formula is C21H31NO5. The van der Waals surface area contributed by atoms with E-state index >= 15 is 0 Å². The van der Waals surface area contributed by atoms with E-state index in [1.165, 1.54) is 0 Å². The van der Waals surface area contributed by atoms with Crippen molar-refractivity contribution in [2.45, 2.75) is 59.0 Å². The third kappa shape index (κ3) is 5.22. The molecule has 0 spiro atoms. The molecular weight excluding hydrogens is 346 g/mol. The number of carbonyl (C=O) groups excluding carboxylic acids is 2. The van der Waals surface area contributed by atoms with Gasteiger partial charge in [0.1, 0.15) is 16.9 Å². The molecule has 1 aliphatic carbocycles. The Labute approximate surface area is 161 Å². The summed E-state index contributed by atoms with van der Waals surface area (Å²) in [5.41, 5.74) is 0.0255. The largest absolute Gasteiger partial charge is 0.493 e. The van der Waals surface area contributed by atoms with Crippen molar-refractivity contribution in [2.24, 2.45) is 5.92 Å². The molecule has 0 radical (unpaired) electrons. The number of benzene rings is 1. The third-order valence-electron chi connectivity index (χ3n) is 4.82. The van der Waals surface area contributed by atoms with E-state index in [4.69, 9.17) is 14.2 Å². The summed E-state index contributed by atoms with van der Waals surface area (Å²) in [7, 11) is 0. The van der Waals surface area contributed by atoms with Gasteiger partial charge in [-0.15, -0.1) is 0 Å². The number of nitrogens with one attached hydrogen (secondary N) is 1. The number of anilines is 1. The Morgan fingerprint density at radius 1 is 1.19 bits per heavy atom. The second-order valence-corrected chi connectivity index (χ2v) is 6.95. The van der Waals surface area contributed by atoms with Crippen molar-refractivity contribution in [3.8, 4) is 5.75 Å². The number of amides is 1. The van der Waals surface area contributed by atoms with E-state index in [-0.39, 0.29) is 12.5 Å². The van der Waals surface area contributed by atoms with Gasteiger partial charge in [0, 0.05) is 12.3 Å². The molecule has 0 unspecified atom stereocenters. The molecule has 1 saturated carbocycles. The van der Waals surface area contributed by atoms with Crippen molar-refractivity contribution < 1.29 is 23.8 Å². The van der Waals surface area contributed by atoms with Gasteiger partial charge in [-0.05, 0) is 64.2 Å². The van der Waals surface area contributed by atoms with Gasteiger partial charge < -0.3 is 19.5 Å². The summed E-state index contributed by atoms with van der Waals surface area (Å²) in [6, 6.07) is 5.02. The van der Waals surface area contributed by atoms with Crippen molar-refractivity contribution in [1.29, 1.82) is 0 Å². The van der Waals surface area contributed by atoms with Crippen LogP contribution >= 0.6 is 0 Å². The summed E-state index contributed by atoms with van der Waals surface area (Å²) in [5, 5.41) is 2.94. The molecule has 2 atom stereocenters. The molecule has 1 aliphatic rings. The summed E-state index contributed by atoms with van der Waals surface area (Å²) in [5.74, 6) is 0.254. The van der Waals surface area contributed by atoms with Crippen LogP contribution in [0.5, 0.6) is 5.75 Å². The van der Waals surface area contributed by atoms with Gasteiger partial charge in [0.2, 0.25) is 0 Å². The quantitative estimate of drug-likeness (QED) is 0.688. The SMILES string of the molecule is CCOC(=O)c1cc(NC(=O)[C@@]2(OCC)CCC[C@@H](C)C2)ccc1OCC. The fourth-order valence-electron chi connectivity index (χ4n) is 3.68. The Balaban J connectivity index is 2.25. The van der Waals surface area contributed by atoms with E-state index in [9.17, 15) is 9.59 Å². The standard InChI is InChI=1S/C21H31NO5/c1-5-25-18-11-10-16(13-17(18)19(23)26-6-2)22-20(24)21(27-7-3)12-8-9-15(4)14-21/h10-11,13,15H,5-9,12,14H2,1-4H3,(H,22,24)/t15-,21-/m1/s1. The summed E-state index contributed by atoms with van der Waals surface area (Å²) in [4.78, 5) is 25.3. The monoisotopic (exact) mass is 377 g/mol. The van der Waals surface area contributed by atoms with Crippen molar-refractivity contribution in [2.75, 3.05) is 25.1 Å². The van der Waals surface area contributed by atoms with Gasteiger partial charge in [0.15, 0.2) is 0 Å². The first-order valence-corrected chi connectivity index (χ1v) is 9.85. The van der Waals surface area contributed by atoms with Crippen LogP contribution in [0.25, 0.3) is 0 Å². The Kier molecular flexibility index (Phi) is 7.66. The normalized spacial score (nSPS) is 22.1. The topological polar surface area (TPSA) is 73.9 Å². The van der Waals surface area contributed by atoms with Gasteiger partial charge in [-0.1, -0.05) is 13.3 Å². The van der Waals surface area contributed by atoms with E-state index in [0.29, 0.717) is 49.0 Å². The van der Waals surface area contributed by atoms with Crippen LogP contribution in [0.4, 0.5) is 5.69 Å². The molecule has 27 heavy (non-hydrogen) atoms. The molecule has 6 heteroatoms. The van der Waals surface area contributed by atoms with Crippen LogP contribution in [0.2, 0.25) is 0 Å². The Hall–Kier alpha value is -2.08. The van der Waals surface area contributed by atoms with Gasteiger partial charge >= 0.3 is 5.97 Å². The predicted molar refractivity (Wildman–Crippen MR) is 104 cm³/mol. The lowest BCUT2D eigenvalue weighted by atomic mass is 9.78. The van der Waals surface area contributed by atoms with E-state index in [2.05, 4.69) is 12.2 Å². The fraction of sp³-hybridized carbons (Fsp3) is 0.619. The number of hydrogen-bond donors (Lipinski definition) is 1. The minimum Gasteiger partial charge on any atom is -0.493 e. The van der Waals surface area contributed by atoms with Crippen molar-refractivity contribution >= 4 is 17.6 Å². The molecule has 1 aromatic rings. The highest BCUT2D eigenvalue weighted by atomic mass is 16.5. The highest BCUT2D eigenvalue weighted by molar-refractivity contribution is 5.99. The fourth-order valence-corrected chi connectivity index (χ4v) is 3.68. The first-order valence-electron chi connectivity index (χ1n) is 9.85. The lowest BCUT2D eigenvalue weighted by molar-refractivity contribution is -0.147. The highest BCUT2D eigenvalue weighted by Gasteiger charge is 2.42. The maximum absolute atomic E-state index is 13.1. The first kappa shape index (κ1) is 21.2. The van der Waals surface area contributed by atoms with E-state index < -0.39 is 11.6 Å². The van der Waals surface area contributed by atoms with Gasteiger partial charge in [0.05, 0.1) is 13.2 Å². The first-order chi connectivity index (χ1) is 13.0. The second-order valence-electron chi connectivity index (χ2n) is 6.95. The van der Waals surface area contributed by atoms with Gasteiger partial charge in [-0.3, -0.25) is 4.79 Å². The van der Waals surface area contributed by atoms with Gasteiger partial charge in [-0.25, -0.2) is 4.79 Å². The van der Waals surface area contributed by atoms with E-state index in [1.807, 2.05) is 13.8 Å². The highest BCUT2D eigenvalue weighted by Crippen LogP contribution is 2.36. The minimum atomic E-state index is -0.810. The van der Waals surface area contributed by atoms with Crippen LogP contribution in [-0.2, 0) is 14.3 Å². The van der Waals surface area contributed by atoms with E-state index in [1.54, 1.807) is 25.1 Å². The average Bonchev–Trinajstić information content (AvgIpc) is 2.63. The van der Waals surface area contributed by atoms with Crippen molar-refractivity contribution in [3.05, 3.63) is 23.8 Å². The molecule has 1 aromatic carbocycles. The molecule has 1 amide bonds. The minimum absolute atomic E-state index is 0.158. The molecule has 1 fully saturated rings. The Bertz CT molecular complexity index is 656. The summed E-state index contributed by atoms with van der Waals surface area (Å²) >= 11 is 0. The van der Waals surface area contributed by atoms with Gasteiger partial charge in [-0.2, -0.15) is 0 Å². The van der Waals surface area contributed by atoms with Crippen LogP contribution in [-0.4, -0.2) is 37.3 Å². The summed E-state index contributed by atoms with van der Waals surface area (Å²) < 4.78 is 16.5.